The summed E-state index contributed by atoms with van der Waals surface area (Å²) in [5.74, 6) is 0.159. The number of aromatic nitrogens is 4. The van der Waals surface area contributed by atoms with E-state index in [1.54, 1.807) is 0 Å². The number of hydrogen-bond acceptors (Lipinski definition) is 5. The molecule has 9 heteroatoms. The highest BCUT2D eigenvalue weighted by atomic mass is 19.4. The van der Waals surface area contributed by atoms with Crippen LogP contribution in [-0.2, 0) is 25.0 Å². The molecule has 0 aliphatic heterocycles. The zero-order valence-electron chi connectivity index (χ0n) is 12.2. The second-order valence-corrected chi connectivity index (χ2v) is 5.60. The number of nitrogens with one attached hydrogen (secondary N) is 1. The molecule has 1 aromatic carbocycles. The first kappa shape index (κ1) is 15.9. The molecule has 6 nitrogen and oxygen atoms in total. The molecule has 0 spiro atoms. The zero-order valence-corrected chi connectivity index (χ0v) is 12.2. The summed E-state index contributed by atoms with van der Waals surface area (Å²) >= 11 is 0. The largest absolute Gasteiger partial charge is 0.409 e. The van der Waals surface area contributed by atoms with Crippen LogP contribution >= 0.6 is 0 Å². The first-order chi connectivity index (χ1) is 10.9. The van der Waals surface area contributed by atoms with Gasteiger partial charge in [-0.25, -0.2) is 0 Å². The molecule has 124 valence electrons. The summed E-state index contributed by atoms with van der Waals surface area (Å²) in [4.78, 5) is 0.519. The summed E-state index contributed by atoms with van der Waals surface area (Å²) in [6.45, 7) is -1.25. The van der Waals surface area contributed by atoms with Gasteiger partial charge in [0.1, 0.15) is 0 Å². The van der Waals surface area contributed by atoms with Crippen molar-refractivity contribution in [1.82, 2.24) is 25.5 Å². The van der Waals surface area contributed by atoms with E-state index in [0.717, 1.165) is 17.5 Å². The van der Waals surface area contributed by atoms with Gasteiger partial charge in [0.2, 0.25) is 0 Å². The Hall–Kier alpha value is -2.00. The first-order valence-corrected chi connectivity index (χ1v) is 7.20. The molecule has 1 unspecified atom stereocenters. The molecular weight excluding hydrogens is 311 g/mol. The van der Waals surface area contributed by atoms with Crippen molar-refractivity contribution in [1.29, 1.82) is 0 Å². The number of hydrogen-bond donors (Lipinski definition) is 2. The van der Waals surface area contributed by atoms with E-state index in [1.807, 2.05) is 24.3 Å². The van der Waals surface area contributed by atoms with Crippen molar-refractivity contribution in [2.75, 3.05) is 6.61 Å². The summed E-state index contributed by atoms with van der Waals surface area (Å²) in [6.07, 6.45) is -2.85. The first-order valence-electron chi connectivity index (χ1n) is 7.20. The van der Waals surface area contributed by atoms with Crippen LogP contribution < -0.4 is 5.32 Å². The lowest BCUT2D eigenvalue weighted by atomic mass is 9.92. The monoisotopic (exact) mass is 327 g/mol. The molecule has 0 saturated carbocycles. The van der Waals surface area contributed by atoms with Gasteiger partial charge in [-0.15, -0.1) is 10.2 Å². The van der Waals surface area contributed by atoms with Crippen LogP contribution in [0.3, 0.4) is 0 Å². The summed E-state index contributed by atoms with van der Waals surface area (Å²) in [5.41, 5.74) is 1.54. The molecule has 1 aromatic heterocycles. The van der Waals surface area contributed by atoms with Crippen molar-refractivity contribution in [3.05, 3.63) is 41.2 Å². The van der Waals surface area contributed by atoms with Crippen LogP contribution in [0.5, 0.6) is 0 Å². The van der Waals surface area contributed by atoms with E-state index in [1.165, 1.54) is 0 Å². The highest BCUT2D eigenvalue weighted by molar-refractivity contribution is 5.38. The maximum atomic E-state index is 12.3. The van der Waals surface area contributed by atoms with Crippen molar-refractivity contribution in [2.45, 2.75) is 37.6 Å². The highest BCUT2D eigenvalue weighted by Gasteiger charge is 2.38. The van der Waals surface area contributed by atoms with Crippen LogP contribution in [0.2, 0.25) is 0 Å². The SMILES string of the molecule is OCC1(NCc2nnn(CC(F)(F)F)n2)CCc2ccccc21. The molecule has 23 heavy (non-hydrogen) atoms. The normalized spacial score (nSPS) is 20.7. The fourth-order valence-corrected chi connectivity index (χ4v) is 2.91. The maximum Gasteiger partial charge on any atom is 0.409 e. The molecular formula is C14H16F3N5O. The molecule has 0 bridgehead atoms. The van der Waals surface area contributed by atoms with Gasteiger partial charge in [-0.05, 0) is 29.2 Å². The van der Waals surface area contributed by atoms with E-state index in [4.69, 9.17) is 0 Å². The second-order valence-electron chi connectivity index (χ2n) is 5.60. The fraction of sp³-hybridized carbons (Fsp3) is 0.500. The highest BCUT2D eigenvalue weighted by Crippen LogP contribution is 2.36. The molecule has 0 saturated heterocycles. The van der Waals surface area contributed by atoms with Gasteiger partial charge in [0, 0.05) is 0 Å². The van der Waals surface area contributed by atoms with Crippen molar-refractivity contribution in [3.8, 4) is 0 Å². The van der Waals surface area contributed by atoms with Gasteiger partial charge >= 0.3 is 6.18 Å². The van der Waals surface area contributed by atoms with Crippen LogP contribution in [0, 0.1) is 0 Å². The van der Waals surface area contributed by atoms with Gasteiger partial charge in [0.15, 0.2) is 12.4 Å². The Balaban J connectivity index is 1.70. The Bertz CT molecular complexity index is 687. The second kappa shape index (κ2) is 5.89. The lowest BCUT2D eigenvalue weighted by Crippen LogP contribution is -2.43. The number of rotatable bonds is 5. The zero-order chi connectivity index (χ0) is 16.5. The van der Waals surface area contributed by atoms with Gasteiger partial charge in [0.05, 0.1) is 18.7 Å². The van der Waals surface area contributed by atoms with Crippen molar-refractivity contribution in [2.24, 2.45) is 0 Å². The molecule has 1 heterocycles. The number of tetrazole rings is 1. The minimum atomic E-state index is -4.39. The third-order valence-corrected chi connectivity index (χ3v) is 4.02. The van der Waals surface area contributed by atoms with Gasteiger partial charge in [-0.1, -0.05) is 24.3 Å². The van der Waals surface area contributed by atoms with Crippen LogP contribution in [0.15, 0.2) is 24.3 Å². The number of alkyl halides is 3. The number of fused-ring (bicyclic) bond motifs is 1. The minimum Gasteiger partial charge on any atom is -0.394 e. The molecule has 0 amide bonds. The molecule has 1 atom stereocenters. The van der Waals surface area contributed by atoms with Crippen LogP contribution in [0.25, 0.3) is 0 Å². The van der Waals surface area contributed by atoms with Crippen LogP contribution in [0.1, 0.15) is 23.4 Å². The standard InChI is InChI=1S/C14H16F3N5O/c15-14(16,17)8-22-20-12(19-21-22)7-18-13(9-23)6-5-10-3-1-2-4-11(10)13/h1-4,18,23H,5-9H2. The van der Waals surface area contributed by atoms with E-state index >= 15 is 0 Å². The number of aliphatic hydroxyl groups excluding tert-OH is 1. The molecule has 1 aliphatic carbocycles. The molecule has 3 rings (SSSR count). The van der Waals surface area contributed by atoms with Gasteiger partial charge in [0.25, 0.3) is 0 Å². The van der Waals surface area contributed by atoms with Gasteiger partial charge in [-0.3, -0.25) is 5.32 Å². The lowest BCUT2D eigenvalue weighted by molar-refractivity contribution is -0.145. The smallest absolute Gasteiger partial charge is 0.394 e. The summed E-state index contributed by atoms with van der Waals surface area (Å²) in [7, 11) is 0. The quantitative estimate of drug-likeness (QED) is 0.862. The Labute approximate surface area is 130 Å². The average molecular weight is 327 g/mol. The fourth-order valence-electron chi connectivity index (χ4n) is 2.91. The number of aliphatic hydroxyl groups is 1. The lowest BCUT2D eigenvalue weighted by Gasteiger charge is -2.29. The predicted molar refractivity (Wildman–Crippen MR) is 74.2 cm³/mol. The van der Waals surface area contributed by atoms with E-state index in [-0.39, 0.29) is 19.0 Å². The van der Waals surface area contributed by atoms with E-state index in [0.29, 0.717) is 11.2 Å². The van der Waals surface area contributed by atoms with Crippen molar-refractivity contribution in [3.63, 3.8) is 0 Å². The maximum absolute atomic E-state index is 12.3. The number of benzene rings is 1. The van der Waals surface area contributed by atoms with Crippen molar-refractivity contribution >= 4 is 0 Å². The van der Waals surface area contributed by atoms with Crippen LogP contribution in [0.4, 0.5) is 13.2 Å². The van der Waals surface area contributed by atoms with E-state index in [2.05, 4.69) is 20.7 Å². The predicted octanol–water partition coefficient (Wildman–Crippen LogP) is 1.16. The summed E-state index contributed by atoms with van der Waals surface area (Å²) in [6, 6.07) is 7.79. The summed E-state index contributed by atoms with van der Waals surface area (Å²) < 4.78 is 36.9. The Kier molecular flexibility index (Phi) is 4.07. The molecule has 1 aliphatic rings. The van der Waals surface area contributed by atoms with Crippen LogP contribution in [-0.4, -0.2) is 38.1 Å². The average Bonchev–Trinajstić information content (AvgIpc) is 3.09. The Morgan fingerprint density at radius 1 is 1.30 bits per heavy atom. The topological polar surface area (TPSA) is 75.9 Å². The number of halogens is 3. The third kappa shape index (κ3) is 3.35. The van der Waals surface area contributed by atoms with Gasteiger partial charge < -0.3 is 5.11 Å². The Morgan fingerprint density at radius 3 is 2.83 bits per heavy atom. The van der Waals surface area contributed by atoms with E-state index < -0.39 is 18.3 Å². The summed E-state index contributed by atoms with van der Waals surface area (Å²) in [5, 5.41) is 23.7. The number of nitrogens with zero attached hydrogens (tertiary/aromatic N) is 4. The van der Waals surface area contributed by atoms with E-state index in [9.17, 15) is 18.3 Å². The molecule has 2 N–H and O–H groups in total. The minimum absolute atomic E-state index is 0.110. The molecule has 0 radical (unpaired) electrons. The molecule has 2 aromatic rings. The Morgan fingerprint density at radius 2 is 2.09 bits per heavy atom. The number of aryl methyl sites for hydroxylation is 1. The third-order valence-electron chi connectivity index (χ3n) is 4.02. The molecule has 0 fully saturated rings. The van der Waals surface area contributed by atoms with Gasteiger partial charge in [-0.2, -0.15) is 18.0 Å². The van der Waals surface area contributed by atoms with Crippen molar-refractivity contribution < 1.29 is 18.3 Å².